The van der Waals surface area contributed by atoms with Crippen molar-refractivity contribution in [2.24, 2.45) is 5.92 Å². The van der Waals surface area contributed by atoms with E-state index in [1.165, 1.54) is 13.8 Å². The van der Waals surface area contributed by atoms with Crippen LogP contribution in [0.5, 0.6) is 0 Å². The molecule has 0 rings (SSSR count). The molecule has 0 N–H and O–H groups in total. The Morgan fingerprint density at radius 2 is 1.30 bits per heavy atom. The number of hydrogen-bond donors (Lipinski definition) is 0. The van der Waals surface area contributed by atoms with E-state index >= 15 is 0 Å². The van der Waals surface area contributed by atoms with Crippen LogP contribution in [0.2, 0.25) is 0 Å². The first-order valence-corrected chi connectivity index (χ1v) is 8.48. The summed E-state index contributed by atoms with van der Waals surface area (Å²) in [5.41, 5.74) is 0. The van der Waals surface area contributed by atoms with E-state index < -0.39 is 41.6 Å². The Balaban J connectivity index is 4.63. The van der Waals surface area contributed by atoms with E-state index in [1.54, 1.807) is 13.8 Å². The number of ketones is 2. The van der Waals surface area contributed by atoms with E-state index in [9.17, 15) is 19.2 Å². The highest BCUT2D eigenvalue weighted by atomic mass is 16.6. The summed E-state index contributed by atoms with van der Waals surface area (Å²) in [6, 6.07) is 0. The lowest BCUT2D eigenvalue weighted by Gasteiger charge is -2.25. The largest absolute Gasteiger partial charge is 0.460 e. The van der Waals surface area contributed by atoms with E-state index in [1.807, 2.05) is 0 Å². The molecule has 0 bridgehead atoms. The fourth-order valence-electron chi connectivity index (χ4n) is 2.12. The lowest BCUT2D eigenvalue weighted by molar-refractivity contribution is -0.158. The maximum atomic E-state index is 11.7. The Morgan fingerprint density at radius 3 is 1.78 bits per heavy atom. The molecule has 0 spiro atoms. The predicted molar refractivity (Wildman–Crippen MR) is 96.9 cm³/mol. The van der Waals surface area contributed by atoms with E-state index in [4.69, 9.17) is 18.9 Å². The normalized spacial score (nSPS) is 14.0. The minimum absolute atomic E-state index is 0.0634. The maximum Gasteiger partial charge on any atom is 0.330 e. The maximum absolute atomic E-state index is 11.7. The number of hydrogen-bond acceptors (Lipinski definition) is 8. The number of carbonyl (C=O) groups is 4. The van der Waals surface area contributed by atoms with Crippen LogP contribution in [-0.2, 0) is 38.1 Å². The van der Waals surface area contributed by atoms with Crippen molar-refractivity contribution < 1.29 is 38.1 Å². The third-order valence-electron chi connectivity index (χ3n) is 3.47. The van der Waals surface area contributed by atoms with E-state index in [0.717, 1.165) is 12.2 Å². The Hall–Kier alpha value is -2.32. The van der Waals surface area contributed by atoms with Crippen molar-refractivity contribution >= 4 is 23.5 Å². The zero-order valence-corrected chi connectivity index (χ0v) is 16.3. The van der Waals surface area contributed by atoms with Crippen molar-refractivity contribution in [1.82, 2.24) is 0 Å². The summed E-state index contributed by atoms with van der Waals surface area (Å²) in [4.78, 5) is 46.0. The van der Waals surface area contributed by atoms with Gasteiger partial charge < -0.3 is 18.9 Å². The van der Waals surface area contributed by atoms with Gasteiger partial charge >= 0.3 is 11.9 Å². The van der Waals surface area contributed by atoms with Gasteiger partial charge in [0.25, 0.3) is 0 Å². The summed E-state index contributed by atoms with van der Waals surface area (Å²) in [6.07, 6.45) is 0.162. The number of ether oxygens (including phenoxy) is 4. The zero-order chi connectivity index (χ0) is 21.0. The molecule has 0 aliphatic rings. The average Bonchev–Trinajstić information content (AvgIpc) is 2.61. The molecule has 0 radical (unpaired) electrons. The summed E-state index contributed by atoms with van der Waals surface area (Å²) in [7, 11) is 0. The second-order valence-corrected chi connectivity index (χ2v) is 6.00. The van der Waals surface area contributed by atoms with Crippen LogP contribution in [0.4, 0.5) is 0 Å². The highest BCUT2D eigenvalue weighted by molar-refractivity contribution is 6.01. The summed E-state index contributed by atoms with van der Waals surface area (Å²) >= 11 is 0. The molecule has 0 fully saturated rings. The lowest BCUT2D eigenvalue weighted by atomic mass is 9.94. The number of carbonyl (C=O) groups excluding carboxylic acids is 4. The molecule has 3 atom stereocenters. The molecule has 0 amide bonds. The van der Waals surface area contributed by atoms with Crippen LogP contribution >= 0.6 is 0 Å². The van der Waals surface area contributed by atoms with Gasteiger partial charge in [-0.3, -0.25) is 9.59 Å². The van der Waals surface area contributed by atoms with Gasteiger partial charge in [-0.05, 0) is 27.7 Å². The van der Waals surface area contributed by atoms with Crippen LogP contribution in [0, 0.1) is 5.92 Å². The van der Waals surface area contributed by atoms with Crippen molar-refractivity contribution in [3.8, 4) is 0 Å². The Labute approximate surface area is 159 Å². The van der Waals surface area contributed by atoms with Gasteiger partial charge in [0.15, 0.2) is 0 Å². The van der Waals surface area contributed by atoms with Gasteiger partial charge in [0.1, 0.15) is 30.2 Å². The van der Waals surface area contributed by atoms with Gasteiger partial charge in [-0.15, -0.1) is 0 Å². The summed E-state index contributed by atoms with van der Waals surface area (Å²) in [5, 5.41) is 0. The van der Waals surface area contributed by atoms with Crippen LogP contribution in [-0.4, -0.2) is 61.6 Å². The summed E-state index contributed by atoms with van der Waals surface area (Å²) in [5.74, 6) is -3.25. The standard InChI is InChI=1S/C19H28O8/c1-7-17(22)26-10-13(4)24-9-12(3)25-11-16(27-18(23)8-2)19(14(5)20)15(6)21/h7-8,12-13,16,19H,1-2,9-11H2,3-6H3. The zero-order valence-electron chi connectivity index (χ0n) is 16.3. The van der Waals surface area contributed by atoms with E-state index in [2.05, 4.69) is 13.2 Å². The SMILES string of the molecule is C=CC(=O)OCC(C)OCC(C)OCC(OC(=O)C=C)C(C(C)=O)C(C)=O. The Morgan fingerprint density at radius 1 is 0.815 bits per heavy atom. The Bertz CT molecular complexity index is 540. The van der Waals surface area contributed by atoms with Crippen LogP contribution < -0.4 is 0 Å². The van der Waals surface area contributed by atoms with Gasteiger partial charge in [-0.1, -0.05) is 13.2 Å². The summed E-state index contributed by atoms with van der Waals surface area (Å²) in [6.45, 7) is 12.6. The predicted octanol–water partition coefficient (Wildman–Crippen LogP) is 1.42. The molecule has 0 aromatic rings. The number of Topliss-reactive ketones (excluding diaryl/α,β-unsaturated/α-hetero) is 2. The van der Waals surface area contributed by atoms with E-state index in [-0.39, 0.29) is 25.9 Å². The van der Waals surface area contributed by atoms with Crippen LogP contribution in [0.25, 0.3) is 0 Å². The molecule has 3 unspecified atom stereocenters. The molecular weight excluding hydrogens is 356 g/mol. The van der Waals surface area contributed by atoms with Crippen molar-refractivity contribution in [3.63, 3.8) is 0 Å². The molecule has 0 aromatic carbocycles. The monoisotopic (exact) mass is 384 g/mol. The molecular formula is C19H28O8. The van der Waals surface area contributed by atoms with Crippen LogP contribution in [0.15, 0.2) is 25.3 Å². The van der Waals surface area contributed by atoms with Gasteiger partial charge in [-0.25, -0.2) is 9.59 Å². The third kappa shape index (κ3) is 10.4. The number of esters is 2. The van der Waals surface area contributed by atoms with Crippen LogP contribution in [0.3, 0.4) is 0 Å². The molecule has 152 valence electrons. The van der Waals surface area contributed by atoms with Crippen molar-refractivity contribution in [3.05, 3.63) is 25.3 Å². The highest BCUT2D eigenvalue weighted by Crippen LogP contribution is 2.14. The molecule has 0 aliphatic heterocycles. The highest BCUT2D eigenvalue weighted by Gasteiger charge is 2.33. The van der Waals surface area contributed by atoms with Crippen molar-refractivity contribution in [2.75, 3.05) is 19.8 Å². The Kier molecular flexibility index (Phi) is 11.8. The van der Waals surface area contributed by atoms with Gasteiger partial charge in [0.2, 0.25) is 0 Å². The molecule has 0 saturated heterocycles. The first-order chi connectivity index (χ1) is 12.6. The lowest BCUT2D eigenvalue weighted by Crippen LogP contribution is -2.40. The first-order valence-electron chi connectivity index (χ1n) is 8.48. The van der Waals surface area contributed by atoms with Crippen LogP contribution in [0.1, 0.15) is 27.7 Å². The smallest absolute Gasteiger partial charge is 0.330 e. The quantitative estimate of drug-likeness (QED) is 0.251. The van der Waals surface area contributed by atoms with Gasteiger partial charge in [0, 0.05) is 12.2 Å². The van der Waals surface area contributed by atoms with E-state index in [0.29, 0.717) is 0 Å². The molecule has 8 nitrogen and oxygen atoms in total. The minimum atomic E-state index is -1.11. The average molecular weight is 384 g/mol. The van der Waals surface area contributed by atoms with Gasteiger partial charge in [-0.2, -0.15) is 0 Å². The van der Waals surface area contributed by atoms with Crippen molar-refractivity contribution in [2.45, 2.75) is 46.0 Å². The molecule has 0 aliphatic carbocycles. The fourth-order valence-corrected chi connectivity index (χ4v) is 2.12. The molecule has 8 heteroatoms. The minimum Gasteiger partial charge on any atom is -0.460 e. The molecule has 0 heterocycles. The van der Waals surface area contributed by atoms with Gasteiger partial charge in [0.05, 0.1) is 25.4 Å². The molecule has 27 heavy (non-hydrogen) atoms. The molecule has 0 saturated carbocycles. The fraction of sp³-hybridized carbons (Fsp3) is 0.579. The number of rotatable bonds is 14. The first kappa shape index (κ1) is 24.7. The molecule has 0 aromatic heterocycles. The topological polar surface area (TPSA) is 105 Å². The third-order valence-corrected chi connectivity index (χ3v) is 3.47. The van der Waals surface area contributed by atoms with Crippen molar-refractivity contribution in [1.29, 1.82) is 0 Å². The second kappa shape index (κ2) is 12.9. The summed E-state index contributed by atoms with van der Waals surface area (Å²) < 4.78 is 21.0. The second-order valence-electron chi connectivity index (χ2n) is 6.00.